The third-order valence-electron chi connectivity index (χ3n) is 2.63. The first-order valence-corrected chi connectivity index (χ1v) is 7.91. The highest BCUT2D eigenvalue weighted by molar-refractivity contribution is 6.67. The SMILES string of the molecule is CC(=O)N[C@@H](Cc1ccccc1)C(=O)NNC(=O)OCC(Cl)(Cl)Cl. The molecule has 1 atom stereocenters. The zero-order chi connectivity index (χ0) is 18.2. The summed E-state index contributed by atoms with van der Waals surface area (Å²) in [5, 5.41) is 2.50. The predicted octanol–water partition coefficient (Wildman–Crippen LogP) is 1.86. The van der Waals surface area contributed by atoms with Crippen LogP contribution >= 0.6 is 34.8 Å². The summed E-state index contributed by atoms with van der Waals surface area (Å²) in [6, 6.07) is 8.20. The lowest BCUT2D eigenvalue weighted by molar-refractivity contribution is -0.128. The molecule has 10 heteroatoms. The Hall–Kier alpha value is -1.70. The summed E-state index contributed by atoms with van der Waals surface area (Å²) in [7, 11) is 0. The molecule has 1 aromatic rings. The monoisotopic (exact) mass is 395 g/mol. The molecule has 0 heterocycles. The smallest absolute Gasteiger partial charge is 0.426 e. The van der Waals surface area contributed by atoms with Gasteiger partial charge in [-0.1, -0.05) is 65.1 Å². The van der Waals surface area contributed by atoms with Gasteiger partial charge in [0.2, 0.25) is 9.70 Å². The summed E-state index contributed by atoms with van der Waals surface area (Å²) >= 11 is 16.3. The highest BCUT2D eigenvalue weighted by Crippen LogP contribution is 2.25. The Morgan fingerprint density at radius 2 is 1.75 bits per heavy atom. The number of hydrogen-bond donors (Lipinski definition) is 3. The van der Waals surface area contributed by atoms with Gasteiger partial charge in [-0.25, -0.2) is 10.2 Å². The van der Waals surface area contributed by atoms with E-state index in [1.165, 1.54) is 6.92 Å². The number of ether oxygens (including phenoxy) is 1. The Bertz CT molecular complexity index is 578. The molecule has 0 aliphatic rings. The lowest BCUT2D eigenvalue weighted by Crippen LogP contribution is -2.53. The van der Waals surface area contributed by atoms with Gasteiger partial charge in [0.25, 0.3) is 5.91 Å². The van der Waals surface area contributed by atoms with Gasteiger partial charge < -0.3 is 10.1 Å². The summed E-state index contributed by atoms with van der Waals surface area (Å²) in [6.07, 6.45) is -0.757. The number of alkyl halides is 3. The van der Waals surface area contributed by atoms with Gasteiger partial charge in [0.05, 0.1) is 0 Å². The van der Waals surface area contributed by atoms with E-state index in [2.05, 4.69) is 15.5 Å². The summed E-state index contributed by atoms with van der Waals surface area (Å²) in [5.74, 6) is -1.01. The van der Waals surface area contributed by atoms with Crippen molar-refractivity contribution in [2.75, 3.05) is 6.61 Å². The molecule has 24 heavy (non-hydrogen) atoms. The maximum Gasteiger partial charge on any atom is 0.426 e. The lowest BCUT2D eigenvalue weighted by Gasteiger charge is -2.18. The van der Waals surface area contributed by atoms with Gasteiger partial charge in [-0.3, -0.25) is 15.0 Å². The molecule has 3 amide bonds. The Kier molecular flexibility index (Phi) is 8.10. The molecule has 132 valence electrons. The summed E-state index contributed by atoms with van der Waals surface area (Å²) in [6.45, 7) is 0.798. The Labute approximate surface area is 153 Å². The van der Waals surface area contributed by atoms with Gasteiger partial charge in [0.1, 0.15) is 12.6 Å². The standard InChI is InChI=1S/C14H16Cl3N3O4/c1-9(21)18-11(7-10-5-3-2-4-6-10)12(22)19-20-13(23)24-8-14(15,16)17/h2-6,11H,7-8H2,1H3,(H,18,21)(H,19,22)(H,20,23)/t11-/m0/s1. The number of nitrogens with one attached hydrogen (secondary N) is 3. The number of amides is 3. The molecule has 1 aromatic carbocycles. The van der Waals surface area contributed by atoms with Crippen LogP contribution in [0.15, 0.2) is 30.3 Å². The maximum atomic E-state index is 12.1. The molecule has 3 N–H and O–H groups in total. The largest absolute Gasteiger partial charge is 0.444 e. The molecule has 0 spiro atoms. The second kappa shape index (κ2) is 9.56. The number of carbonyl (C=O) groups excluding carboxylic acids is 3. The van der Waals surface area contributed by atoms with E-state index < -0.39 is 28.4 Å². The molecule has 0 saturated carbocycles. The third-order valence-corrected chi connectivity index (χ3v) is 2.96. The Morgan fingerprint density at radius 3 is 2.29 bits per heavy atom. The number of rotatable bonds is 5. The average Bonchev–Trinajstić information content (AvgIpc) is 2.50. The number of benzene rings is 1. The van der Waals surface area contributed by atoms with Crippen LogP contribution in [0.4, 0.5) is 4.79 Å². The number of carbonyl (C=O) groups is 3. The van der Waals surface area contributed by atoms with Gasteiger partial charge >= 0.3 is 6.09 Å². The third kappa shape index (κ3) is 8.81. The summed E-state index contributed by atoms with van der Waals surface area (Å²) < 4.78 is 2.83. The van der Waals surface area contributed by atoms with Gasteiger partial charge in [-0.15, -0.1) is 0 Å². The van der Waals surface area contributed by atoms with Crippen molar-refractivity contribution in [2.45, 2.75) is 23.2 Å². The molecule has 7 nitrogen and oxygen atoms in total. The van der Waals surface area contributed by atoms with Crippen molar-refractivity contribution in [2.24, 2.45) is 0 Å². The number of hydrazine groups is 1. The van der Waals surface area contributed by atoms with Crippen molar-refractivity contribution in [3.05, 3.63) is 35.9 Å². The molecule has 0 fully saturated rings. The highest BCUT2D eigenvalue weighted by atomic mass is 35.6. The van der Waals surface area contributed by atoms with E-state index in [4.69, 9.17) is 34.8 Å². The van der Waals surface area contributed by atoms with Crippen molar-refractivity contribution < 1.29 is 19.1 Å². The molecule has 0 unspecified atom stereocenters. The van der Waals surface area contributed by atoms with E-state index in [9.17, 15) is 14.4 Å². The molecule has 0 aliphatic heterocycles. The summed E-state index contributed by atoms with van der Waals surface area (Å²) in [5.41, 5.74) is 4.98. The fourth-order valence-corrected chi connectivity index (χ4v) is 1.85. The topological polar surface area (TPSA) is 96.5 Å². The molecule has 0 saturated heterocycles. The van der Waals surface area contributed by atoms with Crippen LogP contribution in [-0.4, -0.2) is 34.3 Å². The van der Waals surface area contributed by atoms with Crippen molar-refractivity contribution in [3.63, 3.8) is 0 Å². The second-order valence-corrected chi connectivity index (χ2v) is 7.26. The highest BCUT2D eigenvalue weighted by Gasteiger charge is 2.23. The van der Waals surface area contributed by atoms with E-state index in [1.54, 1.807) is 0 Å². The minimum Gasteiger partial charge on any atom is -0.444 e. The maximum absolute atomic E-state index is 12.1. The Morgan fingerprint density at radius 1 is 1.12 bits per heavy atom. The fourth-order valence-electron chi connectivity index (χ4n) is 1.69. The van der Waals surface area contributed by atoms with Gasteiger partial charge in [0.15, 0.2) is 0 Å². The van der Waals surface area contributed by atoms with Crippen LogP contribution in [-0.2, 0) is 20.7 Å². The summed E-state index contributed by atoms with van der Waals surface area (Å²) in [4.78, 5) is 34.8. The normalized spacial score (nSPS) is 12.0. The van der Waals surface area contributed by atoms with E-state index in [-0.39, 0.29) is 12.3 Å². The molecule has 0 aliphatic carbocycles. The second-order valence-electron chi connectivity index (χ2n) is 4.75. The van der Waals surface area contributed by atoms with Crippen LogP contribution in [0.25, 0.3) is 0 Å². The Balaban J connectivity index is 2.55. The van der Waals surface area contributed by atoms with E-state index in [1.807, 2.05) is 35.8 Å². The molecular formula is C14H16Cl3N3O4. The van der Waals surface area contributed by atoms with E-state index in [0.717, 1.165) is 5.56 Å². The van der Waals surface area contributed by atoms with Crippen LogP contribution in [0.2, 0.25) is 0 Å². The van der Waals surface area contributed by atoms with Crippen LogP contribution in [0.5, 0.6) is 0 Å². The average molecular weight is 397 g/mol. The first kappa shape index (κ1) is 20.3. The molecular weight excluding hydrogens is 381 g/mol. The first-order chi connectivity index (χ1) is 11.2. The quantitative estimate of drug-likeness (QED) is 0.523. The number of hydrogen-bond acceptors (Lipinski definition) is 4. The molecule has 0 aromatic heterocycles. The molecule has 0 bridgehead atoms. The molecule has 1 rings (SSSR count). The van der Waals surface area contributed by atoms with Crippen LogP contribution in [0.1, 0.15) is 12.5 Å². The van der Waals surface area contributed by atoms with Crippen molar-refractivity contribution >= 4 is 52.7 Å². The van der Waals surface area contributed by atoms with Gasteiger partial charge in [-0.05, 0) is 5.56 Å². The van der Waals surface area contributed by atoms with Crippen LogP contribution < -0.4 is 16.2 Å². The zero-order valence-corrected chi connectivity index (χ0v) is 14.9. The predicted molar refractivity (Wildman–Crippen MR) is 90.7 cm³/mol. The van der Waals surface area contributed by atoms with Crippen LogP contribution in [0.3, 0.4) is 0 Å². The first-order valence-electron chi connectivity index (χ1n) is 6.78. The minimum absolute atomic E-state index is 0.247. The van der Waals surface area contributed by atoms with Crippen LogP contribution in [0, 0.1) is 0 Å². The van der Waals surface area contributed by atoms with Gasteiger partial charge in [0, 0.05) is 13.3 Å². The minimum atomic E-state index is -1.76. The number of halogens is 3. The molecule has 0 radical (unpaired) electrons. The van der Waals surface area contributed by atoms with Crippen molar-refractivity contribution in [1.82, 2.24) is 16.2 Å². The van der Waals surface area contributed by atoms with E-state index >= 15 is 0 Å². The van der Waals surface area contributed by atoms with Gasteiger partial charge in [-0.2, -0.15) is 0 Å². The van der Waals surface area contributed by atoms with E-state index in [0.29, 0.717) is 0 Å². The van der Waals surface area contributed by atoms with Crippen molar-refractivity contribution in [1.29, 1.82) is 0 Å². The zero-order valence-electron chi connectivity index (χ0n) is 12.6. The fraction of sp³-hybridized carbons (Fsp3) is 0.357. The van der Waals surface area contributed by atoms with Crippen molar-refractivity contribution in [3.8, 4) is 0 Å². The lowest BCUT2D eigenvalue weighted by atomic mass is 10.1.